The van der Waals surface area contributed by atoms with Gasteiger partial charge in [0.05, 0.1) is 14.2 Å². The highest BCUT2D eigenvalue weighted by Crippen LogP contribution is 2.37. The fraction of sp³-hybridized carbons (Fsp3) is 0.0833. The summed E-state index contributed by atoms with van der Waals surface area (Å²) in [6, 6.07) is 14.9. The summed E-state index contributed by atoms with van der Waals surface area (Å²) in [6.45, 7) is 0. The van der Waals surface area contributed by atoms with Crippen LogP contribution in [0.5, 0.6) is 23.1 Å². The van der Waals surface area contributed by atoms with Gasteiger partial charge < -0.3 is 14.2 Å². The Bertz CT molecular complexity index is 1320. The maximum atomic E-state index is 14.1. The number of hydrogen-bond acceptors (Lipinski definition) is 5. The summed E-state index contributed by atoms with van der Waals surface area (Å²) in [5, 5.41) is 7.86. The summed E-state index contributed by atoms with van der Waals surface area (Å²) in [7, 11) is 3.02. The molecule has 0 spiro atoms. The van der Waals surface area contributed by atoms with E-state index >= 15 is 0 Å². The zero-order chi connectivity index (χ0) is 24.4. The molecule has 4 aromatic rings. The monoisotopic (exact) mass is 474 g/mol. The number of methoxy groups -OCH3 is 2. The first-order valence-corrected chi connectivity index (χ1v) is 9.70. The van der Waals surface area contributed by atoms with Gasteiger partial charge in [0.1, 0.15) is 17.2 Å². The zero-order valence-corrected chi connectivity index (χ0v) is 17.7. The van der Waals surface area contributed by atoms with Gasteiger partial charge in [0, 0.05) is 17.2 Å². The number of halogens is 5. The van der Waals surface area contributed by atoms with E-state index < -0.39 is 40.7 Å². The van der Waals surface area contributed by atoms with Gasteiger partial charge in [-0.3, -0.25) is 0 Å². The van der Waals surface area contributed by atoms with Gasteiger partial charge in [-0.25, -0.2) is 13.2 Å². The first-order valence-electron chi connectivity index (χ1n) is 9.70. The van der Waals surface area contributed by atoms with E-state index in [1.165, 1.54) is 20.3 Å². The number of ether oxygens (including phenoxy) is 3. The van der Waals surface area contributed by atoms with Gasteiger partial charge in [-0.15, -0.1) is 10.2 Å². The van der Waals surface area contributed by atoms with Crippen LogP contribution in [0.25, 0.3) is 22.4 Å². The van der Waals surface area contributed by atoms with Gasteiger partial charge >= 0.3 is 0 Å². The van der Waals surface area contributed by atoms with E-state index in [1.54, 1.807) is 48.5 Å². The second-order valence-corrected chi connectivity index (χ2v) is 6.90. The lowest BCUT2D eigenvalue weighted by atomic mass is 10.00. The van der Waals surface area contributed by atoms with Crippen molar-refractivity contribution in [2.45, 2.75) is 0 Å². The molecule has 5 nitrogen and oxygen atoms in total. The number of aromatic nitrogens is 2. The van der Waals surface area contributed by atoms with Crippen molar-refractivity contribution in [1.82, 2.24) is 10.2 Å². The van der Waals surface area contributed by atoms with Crippen LogP contribution in [0, 0.1) is 29.1 Å². The molecule has 0 bridgehead atoms. The van der Waals surface area contributed by atoms with Crippen LogP contribution in [0.1, 0.15) is 0 Å². The molecule has 0 saturated heterocycles. The normalized spacial score (nSPS) is 10.8. The lowest BCUT2D eigenvalue weighted by Gasteiger charge is -2.13. The van der Waals surface area contributed by atoms with Crippen LogP contribution in [0.4, 0.5) is 22.0 Å². The van der Waals surface area contributed by atoms with Crippen molar-refractivity contribution >= 4 is 0 Å². The summed E-state index contributed by atoms with van der Waals surface area (Å²) in [5.41, 5.74) is 2.02. The topological polar surface area (TPSA) is 53.5 Å². The van der Waals surface area contributed by atoms with E-state index in [2.05, 4.69) is 10.2 Å². The van der Waals surface area contributed by atoms with Crippen molar-refractivity contribution < 1.29 is 36.2 Å². The average molecular weight is 474 g/mol. The Morgan fingerprint density at radius 1 is 0.588 bits per heavy atom. The van der Waals surface area contributed by atoms with Crippen LogP contribution >= 0.6 is 0 Å². The smallest absolute Gasteiger partial charge is 0.239 e. The highest BCUT2D eigenvalue weighted by atomic mass is 19.2. The standard InChI is InChI=1S/C24H15F5N2O3/c1-32-14-7-3-12(4-8-14)16-11-17(30-31-23(16)13-5-9-15(33-2)10-6-13)34-24-21(28)19(26)18(25)20(27)22(24)29/h3-11H,1-2H3. The first kappa shape index (κ1) is 23.0. The average Bonchev–Trinajstić information content (AvgIpc) is 2.89. The van der Waals surface area contributed by atoms with Gasteiger partial charge in [-0.05, 0) is 42.0 Å². The summed E-state index contributed by atoms with van der Waals surface area (Å²) in [6.07, 6.45) is 0. The molecule has 0 fully saturated rings. The van der Waals surface area contributed by atoms with E-state index in [4.69, 9.17) is 14.2 Å². The predicted octanol–water partition coefficient (Wildman–Crippen LogP) is 6.32. The second kappa shape index (κ2) is 9.34. The lowest BCUT2D eigenvalue weighted by molar-refractivity contribution is 0.326. The molecule has 0 aliphatic carbocycles. The number of nitrogens with zero attached hydrogens (tertiary/aromatic N) is 2. The number of hydrogen-bond donors (Lipinski definition) is 0. The minimum absolute atomic E-state index is 0.373. The van der Waals surface area contributed by atoms with Gasteiger partial charge in [0.15, 0.2) is 0 Å². The van der Waals surface area contributed by atoms with Crippen LogP contribution < -0.4 is 14.2 Å². The Labute approximate surface area is 190 Å². The molecular formula is C24H15F5N2O3. The van der Waals surface area contributed by atoms with Crippen molar-refractivity contribution in [1.29, 1.82) is 0 Å². The van der Waals surface area contributed by atoms with Crippen LogP contribution in [0.2, 0.25) is 0 Å². The molecule has 1 aromatic heterocycles. The Morgan fingerprint density at radius 2 is 1.06 bits per heavy atom. The van der Waals surface area contributed by atoms with Crippen molar-refractivity contribution in [2.75, 3.05) is 14.2 Å². The Morgan fingerprint density at radius 3 is 1.56 bits per heavy atom. The third-order valence-corrected chi connectivity index (χ3v) is 4.91. The van der Waals surface area contributed by atoms with E-state index in [1.807, 2.05) is 0 Å². The van der Waals surface area contributed by atoms with Crippen LogP contribution in [0.3, 0.4) is 0 Å². The molecule has 3 aromatic carbocycles. The molecule has 0 aliphatic rings. The molecule has 0 atom stereocenters. The molecule has 0 aliphatic heterocycles. The first-order chi connectivity index (χ1) is 16.3. The largest absolute Gasteiger partial charge is 0.497 e. The van der Waals surface area contributed by atoms with Crippen molar-refractivity contribution in [3.05, 3.63) is 83.7 Å². The quantitative estimate of drug-likeness (QED) is 0.186. The van der Waals surface area contributed by atoms with Gasteiger partial charge in [0.2, 0.25) is 40.7 Å². The molecular weight excluding hydrogens is 459 g/mol. The van der Waals surface area contributed by atoms with Crippen molar-refractivity contribution in [2.24, 2.45) is 0 Å². The van der Waals surface area contributed by atoms with Gasteiger partial charge in [0.25, 0.3) is 0 Å². The molecule has 0 N–H and O–H groups in total. The maximum Gasteiger partial charge on any atom is 0.239 e. The molecule has 10 heteroatoms. The summed E-state index contributed by atoms with van der Waals surface area (Å²) < 4.78 is 84.0. The zero-order valence-electron chi connectivity index (χ0n) is 17.7. The summed E-state index contributed by atoms with van der Waals surface area (Å²) >= 11 is 0. The minimum Gasteiger partial charge on any atom is -0.497 e. The lowest BCUT2D eigenvalue weighted by Crippen LogP contribution is -2.05. The maximum absolute atomic E-state index is 14.1. The molecule has 174 valence electrons. The van der Waals surface area contributed by atoms with E-state index in [-0.39, 0.29) is 0 Å². The summed E-state index contributed by atoms with van der Waals surface area (Å²) in [4.78, 5) is 0. The SMILES string of the molecule is COc1ccc(-c2cc(Oc3c(F)c(F)c(F)c(F)c3F)nnc2-c2ccc(OC)cc2)cc1. The Kier molecular flexibility index (Phi) is 6.31. The van der Waals surface area contributed by atoms with E-state index in [0.29, 0.717) is 33.9 Å². The van der Waals surface area contributed by atoms with Crippen molar-refractivity contribution in [3.63, 3.8) is 0 Å². The second-order valence-electron chi connectivity index (χ2n) is 6.90. The highest BCUT2D eigenvalue weighted by Gasteiger charge is 2.28. The van der Waals surface area contributed by atoms with Crippen LogP contribution in [0.15, 0.2) is 54.6 Å². The molecule has 0 radical (unpaired) electrons. The number of benzene rings is 3. The van der Waals surface area contributed by atoms with Gasteiger partial charge in [-0.2, -0.15) is 8.78 Å². The molecule has 4 rings (SSSR count). The molecule has 1 heterocycles. The fourth-order valence-electron chi connectivity index (χ4n) is 3.16. The minimum atomic E-state index is -2.29. The van der Waals surface area contributed by atoms with E-state index in [9.17, 15) is 22.0 Å². The molecule has 0 saturated carbocycles. The highest BCUT2D eigenvalue weighted by molar-refractivity contribution is 5.81. The molecule has 34 heavy (non-hydrogen) atoms. The third-order valence-electron chi connectivity index (χ3n) is 4.91. The third kappa shape index (κ3) is 4.21. The molecule has 0 unspecified atom stereocenters. The van der Waals surface area contributed by atoms with Gasteiger partial charge in [-0.1, -0.05) is 12.1 Å². The molecule has 0 amide bonds. The number of rotatable bonds is 6. The summed E-state index contributed by atoms with van der Waals surface area (Å²) in [5.74, 6) is -11.6. The van der Waals surface area contributed by atoms with Crippen molar-refractivity contribution in [3.8, 4) is 45.5 Å². The van der Waals surface area contributed by atoms with E-state index in [0.717, 1.165) is 0 Å². The Hall–Kier alpha value is -4.21. The fourth-order valence-corrected chi connectivity index (χ4v) is 3.16. The van der Waals surface area contributed by atoms with Crippen LogP contribution in [-0.2, 0) is 0 Å². The Balaban J connectivity index is 1.83. The van der Waals surface area contributed by atoms with Crippen LogP contribution in [-0.4, -0.2) is 24.4 Å². The predicted molar refractivity (Wildman–Crippen MR) is 112 cm³/mol.